The predicted molar refractivity (Wildman–Crippen MR) is 98.1 cm³/mol. The molecule has 0 saturated carbocycles. The molecule has 2 aromatic rings. The van der Waals surface area contributed by atoms with Gasteiger partial charge in [-0.15, -0.1) is 0 Å². The van der Waals surface area contributed by atoms with Gasteiger partial charge >= 0.3 is 5.97 Å². The lowest BCUT2D eigenvalue weighted by Crippen LogP contribution is -2.28. The molecule has 1 heterocycles. The molecule has 1 fully saturated rings. The maximum absolute atomic E-state index is 13.5. The van der Waals surface area contributed by atoms with Crippen LogP contribution in [0.5, 0.6) is 0 Å². The molecule has 0 spiro atoms. The van der Waals surface area contributed by atoms with Crippen LogP contribution in [-0.4, -0.2) is 29.1 Å². The largest absolute Gasteiger partial charge is 0.466 e. The fourth-order valence-corrected chi connectivity index (χ4v) is 3.29. The number of aliphatic imine (C=N–C) groups is 1. The lowest BCUT2D eigenvalue weighted by Gasteiger charge is -2.15. The van der Waals surface area contributed by atoms with E-state index in [1.54, 1.807) is 0 Å². The van der Waals surface area contributed by atoms with Crippen LogP contribution in [0.1, 0.15) is 5.56 Å². The molecule has 0 bridgehead atoms. The summed E-state index contributed by atoms with van der Waals surface area (Å²) in [6, 6.07) is 12.4. The van der Waals surface area contributed by atoms with Crippen LogP contribution in [0.4, 0.5) is 14.5 Å². The number of esters is 1. The van der Waals surface area contributed by atoms with E-state index in [4.69, 9.17) is 0 Å². The number of benzene rings is 2. The number of amides is 1. The third-order valence-electron chi connectivity index (χ3n) is 3.65. The van der Waals surface area contributed by atoms with E-state index in [0.717, 1.165) is 35.5 Å². The number of carbonyl (C=O) groups excluding carboxylic acids is 2. The molecule has 0 atom stereocenters. The lowest BCUT2D eigenvalue weighted by atomic mass is 10.2. The molecular formula is C19H14F2N2O3S. The number of hydrogen-bond acceptors (Lipinski definition) is 5. The highest BCUT2D eigenvalue weighted by Crippen LogP contribution is 2.34. The van der Waals surface area contributed by atoms with Gasteiger partial charge in [0.25, 0.3) is 5.91 Å². The number of methoxy groups -OCH3 is 1. The van der Waals surface area contributed by atoms with Crippen molar-refractivity contribution in [2.24, 2.45) is 4.99 Å². The standard InChI is InChI=1S/C19H14F2N2O3S/c1-26-17(24)10-16-18(25)23(11-12-5-3-2-4-6-12)19(27-16)22-13-7-8-14(20)15(21)9-13/h2-10H,11H2,1H3/b16-10+,22-19?. The second kappa shape index (κ2) is 8.13. The Morgan fingerprint density at radius 2 is 1.93 bits per heavy atom. The molecular weight excluding hydrogens is 374 g/mol. The summed E-state index contributed by atoms with van der Waals surface area (Å²) in [5.41, 5.74) is 1.00. The van der Waals surface area contributed by atoms with Gasteiger partial charge in [0.15, 0.2) is 16.8 Å². The third-order valence-corrected chi connectivity index (χ3v) is 4.66. The van der Waals surface area contributed by atoms with E-state index in [1.807, 2.05) is 30.3 Å². The van der Waals surface area contributed by atoms with Gasteiger partial charge < -0.3 is 4.74 Å². The van der Waals surface area contributed by atoms with Gasteiger partial charge in [0.2, 0.25) is 0 Å². The molecule has 0 unspecified atom stereocenters. The van der Waals surface area contributed by atoms with Crippen molar-refractivity contribution >= 4 is 34.5 Å². The van der Waals surface area contributed by atoms with Crippen LogP contribution in [0.25, 0.3) is 0 Å². The van der Waals surface area contributed by atoms with Gasteiger partial charge in [-0.05, 0) is 29.5 Å². The maximum Gasteiger partial charge on any atom is 0.331 e. The molecule has 0 N–H and O–H groups in total. The van der Waals surface area contributed by atoms with Crippen molar-refractivity contribution in [3.8, 4) is 0 Å². The maximum atomic E-state index is 13.5. The third kappa shape index (κ3) is 4.40. The first-order valence-corrected chi connectivity index (χ1v) is 8.66. The molecule has 1 aliphatic rings. The average Bonchev–Trinajstić information content (AvgIpc) is 2.94. The van der Waals surface area contributed by atoms with E-state index in [9.17, 15) is 18.4 Å². The first-order chi connectivity index (χ1) is 13.0. The number of amidine groups is 1. The summed E-state index contributed by atoms with van der Waals surface area (Å²) in [6.07, 6.45) is 1.08. The number of hydrogen-bond donors (Lipinski definition) is 0. The van der Waals surface area contributed by atoms with E-state index in [2.05, 4.69) is 9.73 Å². The quantitative estimate of drug-likeness (QED) is 0.591. The number of ether oxygens (including phenoxy) is 1. The predicted octanol–water partition coefficient (Wildman–Crippen LogP) is 3.78. The van der Waals surface area contributed by atoms with Gasteiger partial charge in [0, 0.05) is 12.1 Å². The van der Waals surface area contributed by atoms with Crippen molar-refractivity contribution in [2.45, 2.75) is 6.54 Å². The van der Waals surface area contributed by atoms with Crippen molar-refractivity contribution in [1.29, 1.82) is 0 Å². The molecule has 0 aromatic heterocycles. The first-order valence-electron chi connectivity index (χ1n) is 7.85. The number of thioether (sulfide) groups is 1. The Labute approximate surface area is 158 Å². The van der Waals surface area contributed by atoms with Gasteiger partial charge in [-0.2, -0.15) is 0 Å². The SMILES string of the molecule is COC(=O)/C=C1/SC(=Nc2ccc(F)c(F)c2)N(Cc2ccccc2)C1=O. The minimum absolute atomic E-state index is 0.138. The van der Waals surface area contributed by atoms with Crippen molar-refractivity contribution in [2.75, 3.05) is 7.11 Å². The monoisotopic (exact) mass is 388 g/mol. The Hall–Kier alpha value is -3.00. The average molecular weight is 388 g/mol. The molecule has 1 saturated heterocycles. The van der Waals surface area contributed by atoms with Gasteiger partial charge in [-0.3, -0.25) is 9.69 Å². The van der Waals surface area contributed by atoms with Crippen LogP contribution in [-0.2, 0) is 20.9 Å². The van der Waals surface area contributed by atoms with E-state index in [1.165, 1.54) is 18.1 Å². The van der Waals surface area contributed by atoms with Crippen LogP contribution in [0.3, 0.4) is 0 Å². The molecule has 8 heteroatoms. The minimum atomic E-state index is -1.04. The normalized spacial score (nSPS) is 17.0. The fraction of sp³-hybridized carbons (Fsp3) is 0.105. The number of nitrogens with zero attached hydrogens (tertiary/aromatic N) is 2. The molecule has 138 valence electrons. The molecule has 1 amide bonds. The van der Waals surface area contributed by atoms with Crippen molar-refractivity contribution in [3.05, 3.63) is 76.7 Å². The second-order valence-electron chi connectivity index (χ2n) is 5.50. The molecule has 27 heavy (non-hydrogen) atoms. The van der Waals surface area contributed by atoms with Gasteiger partial charge in [0.05, 0.1) is 24.2 Å². The van der Waals surface area contributed by atoms with E-state index < -0.39 is 23.5 Å². The molecule has 0 aliphatic carbocycles. The summed E-state index contributed by atoms with van der Waals surface area (Å²) in [7, 11) is 1.21. The highest BCUT2D eigenvalue weighted by molar-refractivity contribution is 8.18. The Bertz CT molecular complexity index is 945. The molecule has 0 radical (unpaired) electrons. The van der Waals surface area contributed by atoms with Gasteiger partial charge in [-0.25, -0.2) is 18.6 Å². The summed E-state index contributed by atoms with van der Waals surface area (Å²) in [5.74, 6) is -3.11. The topological polar surface area (TPSA) is 59.0 Å². The molecule has 5 nitrogen and oxygen atoms in total. The summed E-state index contributed by atoms with van der Waals surface area (Å²) in [6.45, 7) is 0.216. The van der Waals surface area contributed by atoms with E-state index in [0.29, 0.717) is 0 Å². The highest BCUT2D eigenvalue weighted by atomic mass is 32.2. The highest BCUT2D eigenvalue weighted by Gasteiger charge is 2.34. The zero-order chi connectivity index (χ0) is 19.4. The molecule has 2 aromatic carbocycles. The zero-order valence-electron chi connectivity index (χ0n) is 14.2. The van der Waals surface area contributed by atoms with Crippen LogP contribution < -0.4 is 0 Å². The van der Waals surface area contributed by atoms with Crippen LogP contribution >= 0.6 is 11.8 Å². The molecule has 3 rings (SSSR count). The molecule has 1 aliphatic heterocycles. The van der Waals surface area contributed by atoms with Crippen LogP contribution in [0.15, 0.2) is 64.5 Å². The fourth-order valence-electron chi connectivity index (χ4n) is 2.33. The first kappa shape index (κ1) is 18.8. The van der Waals surface area contributed by atoms with E-state index in [-0.39, 0.29) is 22.3 Å². The van der Waals surface area contributed by atoms with Crippen molar-refractivity contribution in [1.82, 2.24) is 4.90 Å². The van der Waals surface area contributed by atoms with E-state index >= 15 is 0 Å². The number of carbonyl (C=O) groups is 2. The van der Waals surface area contributed by atoms with Crippen LogP contribution in [0, 0.1) is 11.6 Å². The number of rotatable bonds is 4. The minimum Gasteiger partial charge on any atom is -0.466 e. The second-order valence-corrected chi connectivity index (χ2v) is 6.51. The van der Waals surface area contributed by atoms with Crippen molar-refractivity contribution < 1.29 is 23.1 Å². The Balaban J connectivity index is 1.97. The Morgan fingerprint density at radius 3 is 2.59 bits per heavy atom. The van der Waals surface area contributed by atoms with Crippen LogP contribution in [0.2, 0.25) is 0 Å². The smallest absolute Gasteiger partial charge is 0.331 e. The summed E-state index contributed by atoms with van der Waals surface area (Å²) >= 11 is 0.965. The Kier molecular flexibility index (Phi) is 5.66. The number of halogens is 2. The summed E-state index contributed by atoms with van der Waals surface area (Å²) in [5, 5.41) is 0.255. The zero-order valence-corrected chi connectivity index (χ0v) is 15.0. The summed E-state index contributed by atoms with van der Waals surface area (Å²) in [4.78, 5) is 30.0. The van der Waals surface area contributed by atoms with Crippen molar-refractivity contribution in [3.63, 3.8) is 0 Å². The summed E-state index contributed by atoms with van der Waals surface area (Å²) < 4.78 is 31.2. The van der Waals surface area contributed by atoms with Gasteiger partial charge in [-0.1, -0.05) is 30.3 Å². The lowest BCUT2D eigenvalue weighted by molar-refractivity contribution is -0.135. The Morgan fingerprint density at radius 1 is 1.19 bits per heavy atom. The van der Waals surface area contributed by atoms with Gasteiger partial charge in [0.1, 0.15) is 0 Å².